The lowest BCUT2D eigenvalue weighted by atomic mass is 10.2. The molecule has 0 radical (unpaired) electrons. The molecule has 1 heterocycles. The predicted octanol–water partition coefficient (Wildman–Crippen LogP) is 1.94. The molecule has 2 aromatic rings. The highest BCUT2D eigenvalue weighted by Crippen LogP contribution is 2.21. The van der Waals surface area contributed by atoms with Gasteiger partial charge >= 0.3 is 0 Å². The van der Waals surface area contributed by atoms with Crippen LogP contribution in [0.25, 0.3) is 11.0 Å². The van der Waals surface area contributed by atoms with Gasteiger partial charge in [0.2, 0.25) is 0 Å². The summed E-state index contributed by atoms with van der Waals surface area (Å²) in [5.41, 5.74) is 6.89. The Morgan fingerprint density at radius 3 is 3.08 bits per heavy atom. The van der Waals surface area contributed by atoms with E-state index in [1.807, 2.05) is 6.07 Å². The van der Waals surface area contributed by atoms with Gasteiger partial charge in [0.05, 0.1) is 0 Å². The molecular formula is C8H7ClN2O. The Labute approximate surface area is 74.1 Å². The third-order valence-corrected chi connectivity index (χ3v) is 1.94. The normalized spacial score (nSPS) is 10.8. The van der Waals surface area contributed by atoms with Crippen LogP contribution in [0.4, 0.5) is 0 Å². The third kappa shape index (κ3) is 1.07. The number of rotatable bonds is 1. The minimum atomic E-state index is 0.384. The fraction of sp³-hybridized carbons (Fsp3) is 0.125. The average Bonchev–Trinajstić information content (AvgIpc) is 2.46. The van der Waals surface area contributed by atoms with Crippen molar-refractivity contribution in [1.82, 2.24) is 5.16 Å². The van der Waals surface area contributed by atoms with Gasteiger partial charge in [0.25, 0.3) is 0 Å². The van der Waals surface area contributed by atoms with E-state index < -0.39 is 0 Å². The number of benzene rings is 1. The molecule has 62 valence electrons. The molecule has 3 nitrogen and oxygen atoms in total. The van der Waals surface area contributed by atoms with Gasteiger partial charge in [0.1, 0.15) is 5.69 Å². The highest BCUT2D eigenvalue weighted by Gasteiger charge is 2.05. The topological polar surface area (TPSA) is 52.0 Å². The number of aromatic nitrogens is 1. The van der Waals surface area contributed by atoms with Gasteiger partial charge < -0.3 is 10.3 Å². The first-order valence-corrected chi connectivity index (χ1v) is 3.93. The molecule has 0 unspecified atom stereocenters. The van der Waals surface area contributed by atoms with Crippen LogP contribution in [-0.4, -0.2) is 5.16 Å². The van der Waals surface area contributed by atoms with E-state index in [1.165, 1.54) is 0 Å². The summed E-state index contributed by atoms with van der Waals surface area (Å²) in [6.45, 7) is 0.384. The van der Waals surface area contributed by atoms with Crippen molar-refractivity contribution in [3.63, 3.8) is 0 Å². The maximum absolute atomic E-state index is 5.75. The van der Waals surface area contributed by atoms with Crippen molar-refractivity contribution in [2.45, 2.75) is 6.54 Å². The molecule has 0 aliphatic rings. The second-order valence-electron chi connectivity index (χ2n) is 2.47. The summed E-state index contributed by atoms with van der Waals surface area (Å²) >= 11 is 5.75. The number of fused-ring (bicyclic) bond motifs is 1. The van der Waals surface area contributed by atoms with Crippen molar-refractivity contribution in [3.05, 3.63) is 28.9 Å². The Bertz CT molecular complexity index is 410. The second-order valence-corrected chi connectivity index (χ2v) is 2.91. The second kappa shape index (κ2) is 2.77. The lowest BCUT2D eigenvalue weighted by Gasteiger charge is -1.89. The smallest absolute Gasteiger partial charge is 0.168 e. The molecule has 0 saturated heterocycles. The van der Waals surface area contributed by atoms with E-state index in [0.29, 0.717) is 17.2 Å². The van der Waals surface area contributed by atoms with Gasteiger partial charge in [-0.1, -0.05) is 16.8 Å². The molecule has 4 heteroatoms. The SMILES string of the molecule is NCc1noc2cc(Cl)ccc12. The molecular weight excluding hydrogens is 176 g/mol. The van der Waals surface area contributed by atoms with Gasteiger partial charge in [-0.2, -0.15) is 0 Å². The van der Waals surface area contributed by atoms with Crippen molar-refractivity contribution < 1.29 is 4.52 Å². The summed E-state index contributed by atoms with van der Waals surface area (Å²) in [6.07, 6.45) is 0. The minimum Gasteiger partial charge on any atom is -0.356 e. The van der Waals surface area contributed by atoms with E-state index >= 15 is 0 Å². The molecule has 0 aliphatic carbocycles. The van der Waals surface area contributed by atoms with E-state index in [-0.39, 0.29) is 0 Å². The molecule has 1 aromatic carbocycles. The van der Waals surface area contributed by atoms with Crippen LogP contribution in [0, 0.1) is 0 Å². The molecule has 12 heavy (non-hydrogen) atoms. The summed E-state index contributed by atoms with van der Waals surface area (Å²) in [6, 6.07) is 5.37. The van der Waals surface area contributed by atoms with Crippen molar-refractivity contribution in [2.75, 3.05) is 0 Å². The number of nitrogens with zero attached hydrogens (tertiary/aromatic N) is 1. The zero-order chi connectivity index (χ0) is 8.55. The molecule has 0 saturated carbocycles. The summed E-state index contributed by atoms with van der Waals surface area (Å²) in [5.74, 6) is 0. The number of hydrogen-bond acceptors (Lipinski definition) is 3. The van der Waals surface area contributed by atoms with E-state index in [0.717, 1.165) is 11.1 Å². The minimum absolute atomic E-state index is 0.384. The fourth-order valence-electron chi connectivity index (χ4n) is 1.11. The van der Waals surface area contributed by atoms with Gasteiger partial charge in [-0.05, 0) is 12.1 Å². The summed E-state index contributed by atoms with van der Waals surface area (Å²) < 4.78 is 5.01. The summed E-state index contributed by atoms with van der Waals surface area (Å²) in [5, 5.41) is 5.37. The summed E-state index contributed by atoms with van der Waals surface area (Å²) in [4.78, 5) is 0. The maximum atomic E-state index is 5.75. The molecule has 2 N–H and O–H groups in total. The van der Waals surface area contributed by atoms with Gasteiger partial charge in [0, 0.05) is 23.0 Å². The Hall–Kier alpha value is -1.06. The van der Waals surface area contributed by atoms with Crippen molar-refractivity contribution in [3.8, 4) is 0 Å². The van der Waals surface area contributed by atoms with Crippen LogP contribution < -0.4 is 5.73 Å². The Morgan fingerprint density at radius 2 is 2.33 bits per heavy atom. The van der Waals surface area contributed by atoms with Crippen molar-refractivity contribution in [2.24, 2.45) is 5.73 Å². The number of halogens is 1. The molecule has 0 atom stereocenters. The van der Waals surface area contributed by atoms with Crippen LogP contribution in [0.1, 0.15) is 5.69 Å². The molecule has 0 bridgehead atoms. The van der Waals surface area contributed by atoms with Crippen LogP contribution in [0.15, 0.2) is 22.7 Å². The van der Waals surface area contributed by atoms with Crippen molar-refractivity contribution in [1.29, 1.82) is 0 Å². The third-order valence-electron chi connectivity index (χ3n) is 1.70. The molecule has 0 amide bonds. The zero-order valence-electron chi connectivity index (χ0n) is 6.25. The molecule has 0 aliphatic heterocycles. The quantitative estimate of drug-likeness (QED) is 0.734. The molecule has 0 fully saturated rings. The van der Waals surface area contributed by atoms with Crippen LogP contribution in [0.3, 0.4) is 0 Å². The maximum Gasteiger partial charge on any atom is 0.168 e. The average molecular weight is 183 g/mol. The summed E-state index contributed by atoms with van der Waals surface area (Å²) in [7, 11) is 0. The molecule has 2 rings (SSSR count). The zero-order valence-corrected chi connectivity index (χ0v) is 7.01. The monoisotopic (exact) mass is 182 g/mol. The molecule has 1 aromatic heterocycles. The molecule has 0 spiro atoms. The van der Waals surface area contributed by atoms with Gasteiger partial charge in [0.15, 0.2) is 5.58 Å². The predicted molar refractivity (Wildman–Crippen MR) is 46.9 cm³/mol. The Morgan fingerprint density at radius 1 is 1.50 bits per heavy atom. The highest BCUT2D eigenvalue weighted by atomic mass is 35.5. The van der Waals surface area contributed by atoms with E-state index in [4.69, 9.17) is 21.9 Å². The number of hydrogen-bond donors (Lipinski definition) is 1. The van der Waals surface area contributed by atoms with E-state index in [2.05, 4.69) is 5.16 Å². The standard InChI is InChI=1S/C8H7ClN2O/c9-5-1-2-6-7(4-10)11-12-8(6)3-5/h1-3H,4,10H2. The van der Waals surface area contributed by atoms with Crippen LogP contribution >= 0.6 is 11.6 Å². The first-order chi connectivity index (χ1) is 5.81. The van der Waals surface area contributed by atoms with E-state index in [1.54, 1.807) is 12.1 Å². The van der Waals surface area contributed by atoms with Gasteiger partial charge in [-0.3, -0.25) is 0 Å². The van der Waals surface area contributed by atoms with Gasteiger partial charge in [-0.25, -0.2) is 0 Å². The van der Waals surface area contributed by atoms with Crippen LogP contribution in [0.2, 0.25) is 5.02 Å². The number of nitrogens with two attached hydrogens (primary N) is 1. The largest absolute Gasteiger partial charge is 0.356 e. The van der Waals surface area contributed by atoms with Crippen LogP contribution in [-0.2, 0) is 6.54 Å². The highest BCUT2D eigenvalue weighted by molar-refractivity contribution is 6.31. The first-order valence-electron chi connectivity index (χ1n) is 3.55. The van der Waals surface area contributed by atoms with Gasteiger partial charge in [-0.15, -0.1) is 0 Å². The lowest BCUT2D eigenvalue weighted by Crippen LogP contribution is -1.95. The first kappa shape index (κ1) is 7.58. The fourth-order valence-corrected chi connectivity index (χ4v) is 1.27. The van der Waals surface area contributed by atoms with Crippen molar-refractivity contribution >= 4 is 22.6 Å². The van der Waals surface area contributed by atoms with Crippen LogP contribution in [0.5, 0.6) is 0 Å². The van der Waals surface area contributed by atoms with E-state index in [9.17, 15) is 0 Å². The lowest BCUT2D eigenvalue weighted by molar-refractivity contribution is 0.446. The Balaban J connectivity index is 2.73. The Kier molecular flexibility index (Phi) is 1.75.